The summed E-state index contributed by atoms with van der Waals surface area (Å²) in [4.78, 5) is 8.22. The van der Waals surface area contributed by atoms with Crippen LogP contribution in [0.4, 0.5) is 0 Å². The van der Waals surface area contributed by atoms with Crippen LogP contribution in [0.15, 0.2) is 12.4 Å². The van der Waals surface area contributed by atoms with Gasteiger partial charge in [0.2, 0.25) is 0 Å². The van der Waals surface area contributed by atoms with E-state index in [1.54, 1.807) is 12.4 Å². The van der Waals surface area contributed by atoms with Crippen molar-refractivity contribution in [2.45, 2.75) is 6.92 Å². The largest absolute Gasteiger partial charge is 0.388 e. The van der Waals surface area contributed by atoms with Gasteiger partial charge in [0.25, 0.3) is 0 Å². The summed E-state index contributed by atoms with van der Waals surface area (Å²) >= 11 is 4.72. The Kier molecular flexibility index (Phi) is 1.91. The Hall–Kier alpha value is -1.03. The number of thiocarbonyl (C=S) groups is 1. The number of rotatable bonds is 1. The van der Waals surface area contributed by atoms with Crippen LogP contribution in [0.25, 0.3) is 0 Å². The average Bonchev–Trinajstić information content (AvgIpc) is 1.88. The summed E-state index contributed by atoms with van der Waals surface area (Å²) in [6.45, 7) is 1.82. The third-order valence-electron chi connectivity index (χ3n) is 1.11. The second-order valence-electron chi connectivity index (χ2n) is 1.85. The standard InChI is InChI=1S/C6H7N3S/c1-4-5(6(7)10)9-3-2-8-4/h2-3H,1H3,(H2,7,10). The third-order valence-corrected chi connectivity index (χ3v) is 1.31. The SMILES string of the molecule is Cc1nccnc1C(N)=S. The summed E-state index contributed by atoms with van der Waals surface area (Å²) in [5.41, 5.74) is 6.73. The summed E-state index contributed by atoms with van der Waals surface area (Å²) < 4.78 is 0. The quantitative estimate of drug-likeness (QED) is 0.594. The molecule has 0 amide bonds. The Morgan fingerprint density at radius 1 is 1.50 bits per heavy atom. The summed E-state index contributed by atoms with van der Waals surface area (Å²) in [5, 5.41) is 0. The lowest BCUT2D eigenvalue weighted by atomic mass is 10.3. The zero-order valence-corrected chi connectivity index (χ0v) is 6.35. The van der Waals surface area contributed by atoms with Gasteiger partial charge in [0.15, 0.2) is 0 Å². The first-order chi connectivity index (χ1) is 4.72. The Morgan fingerprint density at radius 2 is 2.10 bits per heavy atom. The van der Waals surface area contributed by atoms with Crippen LogP contribution in [0.1, 0.15) is 11.4 Å². The highest BCUT2D eigenvalue weighted by Crippen LogP contribution is 1.97. The molecule has 0 bridgehead atoms. The molecule has 4 heteroatoms. The van der Waals surface area contributed by atoms with Crippen molar-refractivity contribution in [1.29, 1.82) is 0 Å². The zero-order valence-electron chi connectivity index (χ0n) is 5.53. The number of aryl methyl sites for hydroxylation is 1. The lowest BCUT2D eigenvalue weighted by molar-refractivity contribution is 1.10. The molecule has 0 aliphatic heterocycles. The Labute approximate surface area is 64.3 Å². The minimum atomic E-state index is 0.297. The number of hydrogen-bond acceptors (Lipinski definition) is 3. The molecule has 1 aromatic rings. The highest BCUT2D eigenvalue weighted by Gasteiger charge is 2.00. The molecule has 0 aliphatic carbocycles. The van der Waals surface area contributed by atoms with Gasteiger partial charge in [-0.3, -0.25) is 9.97 Å². The van der Waals surface area contributed by atoms with Gasteiger partial charge in [-0.1, -0.05) is 12.2 Å². The molecule has 0 aliphatic rings. The van der Waals surface area contributed by atoms with E-state index in [-0.39, 0.29) is 0 Å². The van der Waals surface area contributed by atoms with E-state index in [1.165, 1.54) is 0 Å². The second kappa shape index (κ2) is 2.70. The summed E-state index contributed by atoms with van der Waals surface area (Å²) in [7, 11) is 0. The molecule has 1 aromatic heterocycles. The van der Waals surface area contributed by atoms with Gasteiger partial charge in [0.1, 0.15) is 10.7 Å². The van der Waals surface area contributed by atoms with E-state index in [2.05, 4.69) is 9.97 Å². The van der Waals surface area contributed by atoms with Crippen molar-refractivity contribution >= 4 is 17.2 Å². The normalized spacial score (nSPS) is 9.30. The van der Waals surface area contributed by atoms with Crippen LogP contribution in [0.5, 0.6) is 0 Å². The van der Waals surface area contributed by atoms with Crippen LogP contribution >= 0.6 is 12.2 Å². The van der Waals surface area contributed by atoms with E-state index in [9.17, 15) is 0 Å². The first-order valence-corrected chi connectivity index (χ1v) is 3.20. The number of hydrogen-bond donors (Lipinski definition) is 1. The van der Waals surface area contributed by atoms with Crippen LogP contribution in [-0.2, 0) is 0 Å². The minimum Gasteiger partial charge on any atom is -0.388 e. The maximum Gasteiger partial charge on any atom is 0.124 e. The van der Waals surface area contributed by atoms with Crippen LogP contribution in [0.3, 0.4) is 0 Å². The zero-order chi connectivity index (χ0) is 7.56. The van der Waals surface area contributed by atoms with E-state index in [4.69, 9.17) is 18.0 Å². The molecule has 0 aromatic carbocycles. The van der Waals surface area contributed by atoms with Gasteiger partial charge in [-0.25, -0.2) is 0 Å². The molecule has 0 saturated heterocycles. The van der Waals surface area contributed by atoms with Gasteiger partial charge in [0, 0.05) is 12.4 Å². The first-order valence-electron chi connectivity index (χ1n) is 2.79. The number of nitrogens with zero attached hydrogens (tertiary/aromatic N) is 2. The first kappa shape index (κ1) is 7.08. The summed E-state index contributed by atoms with van der Waals surface area (Å²) in [6, 6.07) is 0. The molecule has 0 fully saturated rings. The lowest BCUT2D eigenvalue weighted by Crippen LogP contribution is -2.13. The maximum atomic E-state index is 5.34. The van der Waals surface area contributed by atoms with Crippen molar-refractivity contribution in [3.8, 4) is 0 Å². The van der Waals surface area contributed by atoms with Gasteiger partial charge in [-0.15, -0.1) is 0 Å². The van der Waals surface area contributed by atoms with E-state index in [1.807, 2.05) is 6.92 Å². The van der Waals surface area contributed by atoms with E-state index in [0.29, 0.717) is 10.7 Å². The Bertz CT molecular complexity index is 259. The molecular weight excluding hydrogens is 146 g/mol. The molecular formula is C6H7N3S. The summed E-state index contributed by atoms with van der Waals surface area (Å²) in [5.74, 6) is 0. The fourth-order valence-electron chi connectivity index (χ4n) is 0.649. The monoisotopic (exact) mass is 153 g/mol. The molecule has 0 unspecified atom stereocenters. The van der Waals surface area contributed by atoms with Crippen LogP contribution in [-0.4, -0.2) is 15.0 Å². The molecule has 0 saturated carbocycles. The molecule has 52 valence electrons. The molecule has 0 atom stereocenters. The van der Waals surface area contributed by atoms with Crippen molar-refractivity contribution in [2.75, 3.05) is 0 Å². The van der Waals surface area contributed by atoms with Crippen LogP contribution in [0, 0.1) is 6.92 Å². The maximum absolute atomic E-state index is 5.34. The van der Waals surface area contributed by atoms with E-state index >= 15 is 0 Å². The second-order valence-corrected chi connectivity index (χ2v) is 2.29. The van der Waals surface area contributed by atoms with E-state index in [0.717, 1.165) is 5.69 Å². The number of aromatic nitrogens is 2. The third kappa shape index (κ3) is 1.27. The fraction of sp³-hybridized carbons (Fsp3) is 0.167. The van der Waals surface area contributed by atoms with Gasteiger partial charge in [0.05, 0.1) is 5.69 Å². The van der Waals surface area contributed by atoms with Crippen molar-refractivity contribution in [2.24, 2.45) is 5.73 Å². The topological polar surface area (TPSA) is 51.8 Å². The molecule has 1 rings (SSSR count). The molecule has 1 heterocycles. The van der Waals surface area contributed by atoms with Crippen LogP contribution in [0.2, 0.25) is 0 Å². The molecule has 10 heavy (non-hydrogen) atoms. The number of nitrogens with two attached hydrogens (primary N) is 1. The predicted octanol–water partition coefficient (Wildman–Crippen LogP) is 0.419. The van der Waals surface area contributed by atoms with Crippen molar-refractivity contribution in [3.05, 3.63) is 23.8 Å². The lowest BCUT2D eigenvalue weighted by Gasteiger charge is -1.97. The molecule has 0 radical (unpaired) electrons. The van der Waals surface area contributed by atoms with Gasteiger partial charge in [-0.05, 0) is 6.92 Å². The molecule has 2 N–H and O–H groups in total. The summed E-state index contributed by atoms with van der Waals surface area (Å²) in [6.07, 6.45) is 3.18. The van der Waals surface area contributed by atoms with Gasteiger partial charge in [-0.2, -0.15) is 0 Å². The average molecular weight is 153 g/mol. The Morgan fingerprint density at radius 3 is 2.50 bits per heavy atom. The highest BCUT2D eigenvalue weighted by atomic mass is 32.1. The van der Waals surface area contributed by atoms with Crippen LogP contribution < -0.4 is 5.73 Å². The van der Waals surface area contributed by atoms with E-state index < -0.39 is 0 Å². The van der Waals surface area contributed by atoms with Crippen molar-refractivity contribution in [1.82, 2.24) is 9.97 Å². The van der Waals surface area contributed by atoms with Gasteiger partial charge >= 0.3 is 0 Å². The van der Waals surface area contributed by atoms with Gasteiger partial charge < -0.3 is 5.73 Å². The molecule has 3 nitrogen and oxygen atoms in total. The minimum absolute atomic E-state index is 0.297. The van der Waals surface area contributed by atoms with Crippen molar-refractivity contribution < 1.29 is 0 Å². The molecule has 0 spiro atoms. The highest BCUT2D eigenvalue weighted by molar-refractivity contribution is 7.80. The van der Waals surface area contributed by atoms with Crippen molar-refractivity contribution in [3.63, 3.8) is 0 Å². The Balaban J connectivity index is 3.15. The smallest absolute Gasteiger partial charge is 0.124 e. The fourth-order valence-corrected chi connectivity index (χ4v) is 0.850. The predicted molar refractivity (Wildman–Crippen MR) is 42.7 cm³/mol.